The lowest BCUT2D eigenvalue weighted by Crippen LogP contribution is -2.57. The number of carbonyl (C=O) groups is 3. The van der Waals surface area contributed by atoms with Crippen molar-refractivity contribution in [3.8, 4) is 5.75 Å². The zero-order valence-electron chi connectivity index (χ0n) is 20.4. The van der Waals surface area contributed by atoms with E-state index in [-0.39, 0.29) is 24.8 Å². The van der Waals surface area contributed by atoms with Crippen LogP contribution in [-0.4, -0.2) is 55.0 Å². The van der Waals surface area contributed by atoms with Gasteiger partial charge in [0.15, 0.2) is 0 Å². The van der Waals surface area contributed by atoms with Crippen LogP contribution in [0.3, 0.4) is 0 Å². The molecule has 1 saturated heterocycles. The molecule has 1 aliphatic rings. The van der Waals surface area contributed by atoms with Crippen LogP contribution in [0.25, 0.3) is 0 Å². The van der Waals surface area contributed by atoms with Gasteiger partial charge in [-0.25, -0.2) is 0 Å². The van der Waals surface area contributed by atoms with Crippen molar-refractivity contribution in [2.24, 2.45) is 0 Å². The SMILES string of the molecule is O=C(CC1C(=O)NCCN1C(=O)c1ccc(OCCc2ccccc2)c(Br)c1)OCCc1ccccc1. The third-order valence-electron chi connectivity index (χ3n) is 6.12. The molecular weight excluding hydrogens is 536 g/mol. The van der Waals surface area contributed by atoms with Gasteiger partial charge in [-0.1, -0.05) is 60.7 Å². The maximum Gasteiger partial charge on any atom is 0.308 e. The Morgan fingerprint density at radius 1 is 0.919 bits per heavy atom. The molecule has 1 unspecified atom stereocenters. The van der Waals surface area contributed by atoms with Crippen molar-refractivity contribution in [3.05, 3.63) is 100 Å². The van der Waals surface area contributed by atoms with Crippen LogP contribution in [0.4, 0.5) is 0 Å². The molecule has 7 nitrogen and oxygen atoms in total. The molecule has 0 radical (unpaired) electrons. The lowest BCUT2D eigenvalue weighted by Gasteiger charge is -2.34. The lowest BCUT2D eigenvalue weighted by atomic mass is 10.1. The molecule has 8 heteroatoms. The van der Waals surface area contributed by atoms with Crippen molar-refractivity contribution < 1.29 is 23.9 Å². The second-order valence-corrected chi connectivity index (χ2v) is 9.55. The molecule has 0 spiro atoms. The summed E-state index contributed by atoms with van der Waals surface area (Å²) in [4.78, 5) is 39.8. The number of esters is 1. The van der Waals surface area contributed by atoms with Gasteiger partial charge in [0.1, 0.15) is 11.8 Å². The van der Waals surface area contributed by atoms with Gasteiger partial charge in [0.25, 0.3) is 5.91 Å². The van der Waals surface area contributed by atoms with E-state index in [9.17, 15) is 14.4 Å². The van der Waals surface area contributed by atoms with Gasteiger partial charge in [-0.3, -0.25) is 14.4 Å². The Kier molecular flexibility index (Phi) is 9.32. The van der Waals surface area contributed by atoms with E-state index in [0.29, 0.717) is 41.9 Å². The van der Waals surface area contributed by atoms with Crippen LogP contribution in [0.5, 0.6) is 5.75 Å². The summed E-state index contributed by atoms with van der Waals surface area (Å²) in [7, 11) is 0. The fourth-order valence-electron chi connectivity index (χ4n) is 4.15. The van der Waals surface area contributed by atoms with Crippen LogP contribution in [0.15, 0.2) is 83.3 Å². The number of nitrogens with zero attached hydrogens (tertiary/aromatic N) is 1. The molecule has 0 aliphatic carbocycles. The quantitative estimate of drug-likeness (QED) is 0.373. The van der Waals surface area contributed by atoms with Gasteiger partial charge in [-0.2, -0.15) is 0 Å². The minimum atomic E-state index is -0.925. The van der Waals surface area contributed by atoms with E-state index in [1.165, 1.54) is 10.5 Å². The van der Waals surface area contributed by atoms with Gasteiger partial charge in [-0.15, -0.1) is 0 Å². The summed E-state index contributed by atoms with van der Waals surface area (Å²) in [6.45, 7) is 1.34. The van der Waals surface area contributed by atoms with Gasteiger partial charge >= 0.3 is 5.97 Å². The van der Waals surface area contributed by atoms with Crippen molar-refractivity contribution in [2.75, 3.05) is 26.3 Å². The van der Waals surface area contributed by atoms with Crippen LogP contribution in [0, 0.1) is 0 Å². The first-order valence-corrected chi connectivity index (χ1v) is 13.0. The summed E-state index contributed by atoms with van der Waals surface area (Å²) in [6, 6.07) is 23.9. The molecule has 1 heterocycles. The van der Waals surface area contributed by atoms with Gasteiger partial charge in [-0.05, 0) is 45.3 Å². The fraction of sp³-hybridized carbons (Fsp3) is 0.276. The van der Waals surface area contributed by atoms with Crippen LogP contribution in [0.2, 0.25) is 0 Å². The molecule has 0 aromatic heterocycles. The van der Waals surface area contributed by atoms with Crippen LogP contribution >= 0.6 is 15.9 Å². The predicted octanol–water partition coefficient (Wildman–Crippen LogP) is 4.19. The number of hydrogen-bond donors (Lipinski definition) is 1. The number of benzene rings is 3. The lowest BCUT2D eigenvalue weighted by molar-refractivity contribution is -0.147. The fourth-order valence-corrected chi connectivity index (χ4v) is 4.64. The number of carbonyl (C=O) groups excluding carboxylic acids is 3. The number of ether oxygens (including phenoxy) is 2. The maximum atomic E-state index is 13.3. The highest BCUT2D eigenvalue weighted by Gasteiger charge is 2.35. The average Bonchev–Trinajstić information content (AvgIpc) is 2.91. The van der Waals surface area contributed by atoms with E-state index in [1.54, 1.807) is 18.2 Å². The molecule has 1 fully saturated rings. The molecule has 0 bridgehead atoms. The first kappa shape index (κ1) is 26.4. The van der Waals surface area contributed by atoms with Gasteiger partial charge < -0.3 is 19.7 Å². The standard InChI is InChI=1S/C29H29BrN2O5/c30-24-19-23(11-12-26(24)36-17-13-21-7-3-1-4-8-21)29(35)32-16-15-31-28(34)25(32)20-27(33)37-18-14-22-9-5-2-6-10-22/h1-12,19,25H,13-18,20H2,(H,31,34). The smallest absolute Gasteiger partial charge is 0.308 e. The van der Waals surface area contributed by atoms with E-state index in [1.807, 2.05) is 60.7 Å². The van der Waals surface area contributed by atoms with Crippen molar-refractivity contribution in [1.82, 2.24) is 10.2 Å². The number of nitrogens with one attached hydrogen (secondary N) is 1. The maximum absolute atomic E-state index is 13.3. The molecule has 37 heavy (non-hydrogen) atoms. The first-order chi connectivity index (χ1) is 18.0. The topological polar surface area (TPSA) is 84.9 Å². The Morgan fingerprint density at radius 2 is 1.57 bits per heavy atom. The zero-order valence-corrected chi connectivity index (χ0v) is 22.0. The number of rotatable bonds is 10. The molecule has 0 saturated carbocycles. The number of hydrogen-bond acceptors (Lipinski definition) is 5. The third-order valence-corrected chi connectivity index (χ3v) is 6.74. The molecular formula is C29H29BrN2O5. The second kappa shape index (κ2) is 13.1. The van der Waals surface area contributed by atoms with Crippen LogP contribution < -0.4 is 10.1 Å². The summed E-state index contributed by atoms with van der Waals surface area (Å²) in [5.74, 6) is -0.574. The normalized spacial score (nSPS) is 15.1. The highest BCUT2D eigenvalue weighted by atomic mass is 79.9. The Hall–Kier alpha value is -3.65. The van der Waals surface area contributed by atoms with Gasteiger partial charge in [0, 0.05) is 31.5 Å². The Bertz CT molecular complexity index is 1220. The van der Waals surface area contributed by atoms with Crippen molar-refractivity contribution in [1.29, 1.82) is 0 Å². The number of amides is 2. The van der Waals surface area contributed by atoms with E-state index in [4.69, 9.17) is 9.47 Å². The summed E-state index contributed by atoms with van der Waals surface area (Å²) >= 11 is 3.49. The Morgan fingerprint density at radius 3 is 2.22 bits per heavy atom. The molecule has 3 aromatic rings. The third kappa shape index (κ3) is 7.43. The predicted molar refractivity (Wildman–Crippen MR) is 143 cm³/mol. The molecule has 1 aliphatic heterocycles. The first-order valence-electron chi connectivity index (χ1n) is 12.3. The monoisotopic (exact) mass is 564 g/mol. The minimum Gasteiger partial charge on any atom is -0.492 e. The molecule has 4 rings (SSSR count). The molecule has 1 atom stereocenters. The summed E-state index contributed by atoms with van der Waals surface area (Å²) in [5, 5.41) is 2.74. The van der Waals surface area contributed by atoms with Crippen molar-refractivity contribution in [2.45, 2.75) is 25.3 Å². The van der Waals surface area contributed by atoms with E-state index >= 15 is 0 Å². The highest BCUT2D eigenvalue weighted by Crippen LogP contribution is 2.27. The molecule has 2 amide bonds. The highest BCUT2D eigenvalue weighted by molar-refractivity contribution is 9.10. The van der Waals surface area contributed by atoms with Crippen molar-refractivity contribution >= 4 is 33.7 Å². The van der Waals surface area contributed by atoms with E-state index in [2.05, 4.69) is 21.2 Å². The average molecular weight is 565 g/mol. The largest absolute Gasteiger partial charge is 0.492 e. The second-order valence-electron chi connectivity index (χ2n) is 8.69. The minimum absolute atomic E-state index is 0.200. The Balaban J connectivity index is 1.34. The number of piperazine rings is 1. The number of halogens is 1. The van der Waals surface area contributed by atoms with E-state index < -0.39 is 12.0 Å². The van der Waals surface area contributed by atoms with Crippen LogP contribution in [0.1, 0.15) is 27.9 Å². The summed E-state index contributed by atoms with van der Waals surface area (Å²) in [5.41, 5.74) is 2.64. The van der Waals surface area contributed by atoms with Crippen LogP contribution in [-0.2, 0) is 27.2 Å². The molecule has 192 valence electrons. The molecule has 1 N–H and O–H groups in total. The zero-order chi connectivity index (χ0) is 26.0. The van der Waals surface area contributed by atoms with Gasteiger partial charge in [0.2, 0.25) is 5.91 Å². The van der Waals surface area contributed by atoms with Gasteiger partial charge in [0.05, 0.1) is 24.1 Å². The van der Waals surface area contributed by atoms with Crippen molar-refractivity contribution in [3.63, 3.8) is 0 Å². The van der Waals surface area contributed by atoms with E-state index in [0.717, 1.165) is 12.0 Å². The molecule has 3 aromatic carbocycles. The summed E-state index contributed by atoms with van der Waals surface area (Å²) in [6.07, 6.45) is 1.15. The summed E-state index contributed by atoms with van der Waals surface area (Å²) < 4.78 is 11.9. The Labute approximate surface area is 224 Å².